The van der Waals surface area contributed by atoms with Crippen molar-refractivity contribution >= 4 is 17.9 Å². The van der Waals surface area contributed by atoms with Gasteiger partial charge in [0.05, 0.1) is 14.2 Å². The Morgan fingerprint density at radius 2 is 1.73 bits per heavy atom. The average Bonchev–Trinajstić information content (AvgIpc) is 2.66. The van der Waals surface area contributed by atoms with Crippen LogP contribution in [0.5, 0.6) is 11.5 Å². The average molecular weight is 355 g/mol. The monoisotopic (exact) mass is 355 g/mol. The summed E-state index contributed by atoms with van der Waals surface area (Å²) in [7, 11) is 3.26. The number of nitrogens with one attached hydrogen (secondary N) is 1. The highest BCUT2D eigenvalue weighted by molar-refractivity contribution is 5.91. The highest BCUT2D eigenvalue weighted by atomic mass is 16.5. The summed E-state index contributed by atoms with van der Waals surface area (Å²) in [4.78, 5) is 22.0. The van der Waals surface area contributed by atoms with E-state index in [9.17, 15) is 9.59 Å². The van der Waals surface area contributed by atoms with Crippen molar-refractivity contribution in [1.29, 1.82) is 0 Å². The van der Waals surface area contributed by atoms with E-state index in [4.69, 9.17) is 9.47 Å². The van der Waals surface area contributed by atoms with Gasteiger partial charge in [-0.2, -0.15) is 0 Å². The van der Waals surface area contributed by atoms with E-state index in [0.29, 0.717) is 0 Å². The zero-order valence-corrected chi connectivity index (χ0v) is 15.3. The minimum absolute atomic E-state index is 0.139. The van der Waals surface area contributed by atoms with Crippen molar-refractivity contribution in [2.75, 3.05) is 19.5 Å². The lowest BCUT2D eigenvalue weighted by Crippen LogP contribution is -2.11. The van der Waals surface area contributed by atoms with E-state index < -0.39 is 0 Å². The summed E-state index contributed by atoms with van der Waals surface area (Å²) < 4.78 is 10.6. The number of aryl methyl sites for hydroxylation is 2. The van der Waals surface area contributed by atoms with E-state index in [2.05, 4.69) is 11.4 Å². The van der Waals surface area contributed by atoms with Crippen LogP contribution >= 0.6 is 0 Å². The fourth-order valence-electron chi connectivity index (χ4n) is 2.75. The number of carbonyl (C=O) groups is 2. The highest BCUT2D eigenvalue weighted by Gasteiger charge is 2.06. The first-order valence-corrected chi connectivity index (χ1v) is 8.69. The molecule has 0 atom stereocenters. The van der Waals surface area contributed by atoms with Crippen molar-refractivity contribution in [2.45, 2.75) is 32.1 Å². The molecule has 0 spiro atoms. The number of benzene rings is 2. The number of carbonyl (C=O) groups excluding carboxylic acids is 2. The van der Waals surface area contributed by atoms with Gasteiger partial charge in [-0.1, -0.05) is 18.2 Å². The quantitative estimate of drug-likeness (QED) is 0.659. The summed E-state index contributed by atoms with van der Waals surface area (Å²) in [6, 6.07) is 13.8. The van der Waals surface area contributed by atoms with E-state index >= 15 is 0 Å². The van der Waals surface area contributed by atoms with Crippen molar-refractivity contribution < 1.29 is 19.1 Å². The number of hydrogen-bond acceptors (Lipinski definition) is 4. The number of aldehydes is 1. The topological polar surface area (TPSA) is 64.6 Å². The third-order valence-electron chi connectivity index (χ3n) is 4.08. The normalized spacial score (nSPS) is 10.2. The van der Waals surface area contributed by atoms with E-state index in [1.165, 1.54) is 11.1 Å². The van der Waals surface area contributed by atoms with Crippen LogP contribution in [0.4, 0.5) is 5.69 Å². The summed E-state index contributed by atoms with van der Waals surface area (Å²) in [5, 5.41) is 2.82. The second-order valence-corrected chi connectivity index (χ2v) is 6.00. The number of methoxy groups -OCH3 is 2. The van der Waals surface area contributed by atoms with Crippen molar-refractivity contribution in [2.24, 2.45) is 0 Å². The molecule has 2 aromatic carbocycles. The molecule has 1 N–H and O–H groups in total. The molecule has 1 amide bonds. The summed E-state index contributed by atoms with van der Waals surface area (Å²) in [5.74, 6) is 1.33. The van der Waals surface area contributed by atoms with Crippen LogP contribution < -0.4 is 14.8 Å². The first kappa shape index (κ1) is 19.5. The summed E-state index contributed by atoms with van der Waals surface area (Å²) >= 11 is 0. The maximum atomic E-state index is 11.7. The van der Waals surface area contributed by atoms with Gasteiger partial charge in [0.15, 0.2) is 11.5 Å². The van der Waals surface area contributed by atoms with Crippen LogP contribution in [0.15, 0.2) is 42.5 Å². The van der Waals surface area contributed by atoms with Gasteiger partial charge in [-0.25, -0.2) is 0 Å². The molecule has 0 radical (unpaired) electrons. The molecule has 0 fully saturated rings. The van der Waals surface area contributed by atoms with E-state index in [0.717, 1.165) is 42.7 Å². The molecule has 0 unspecified atom stereocenters. The summed E-state index contributed by atoms with van der Waals surface area (Å²) in [6.45, 7) is 0. The van der Waals surface area contributed by atoms with Crippen molar-refractivity contribution in [3.8, 4) is 11.5 Å². The predicted molar refractivity (Wildman–Crippen MR) is 102 cm³/mol. The van der Waals surface area contributed by atoms with Crippen LogP contribution in [0.3, 0.4) is 0 Å². The molecule has 0 saturated carbocycles. The van der Waals surface area contributed by atoms with Crippen LogP contribution in [0.1, 0.15) is 30.4 Å². The molecule has 2 rings (SSSR count). The van der Waals surface area contributed by atoms with Gasteiger partial charge < -0.3 is 19.6 Å². The molecule has 5 heteroatoms. The van der Waals surface area contributed by atoms with Gasteiger partial charge in [0.25, 0.3) is 0 Å². The van der Waals surface area contributed by atoms with Gasteiger partial charge in [-0.05, 0) is 54.7 Å². The third-order valence-corrected chi connectivity index (χ3v) is 4.08. The number of anilines is 1. The molecule has 5 nitrogen and oxygen atoms in total. The molecule has 26 heavy (non-hydrogen) atoms. The number of hydrogen-bond donors (Lipinski definition) is 1. The molecule has 0 bridgehead atoms. The molecule has 2 aromatic rings. The number of rotatable bonds is 10. The molecule has 0 saturated heterocycles. The zero-order chi connectivity index (χ0) is 18.8. The van der Waals surface area contributed by atoms with Crippen LogP contribution in [-0.4, -0.2) is 26.4 Å². The second kappa shape index (κ2) is 10.2. The molecule has 0 aliphatic heterocycles. The molecule has 0 heterocycles. The lowest BCUT2D eigenvalue weighted by atomic mass is 10.0. The van der Waals surface area contributed by atoms with Gasteiger partial charge in [0.2, 0.25) is 5.91 Å². The van der Waals surface area contributed by atoms with E-state index in [1.807, 2.05) is 36.4 Å². The molecule has 0 aromatic heterocycles. The van der Waals surface area contributed by atoms with Crippen LogP contribution in [0, 0.1) is 0 Å². The van der Waals surface area contributed by atoms with Gasteiger partial charge >= 0.3 is 0 Å². The Morgan fingerprint density at radius 1 is 1.00 bits per heavy atom. The van der Waals surface area contributed by atoms with Crippen molar-refractivity contribution in [3.63, 3.8) is 0 Å². The molecular weight excluding hydrogens is 330 g/mol. The van der Waals surface area contributed by atoms with E-state index in [-0.39, 0.29) is 18.7 Å². The standard InChI is InChI=1S/C21H25NO4/c1-25-19-12-11-17(15-20(19)26-2)7-3-6-16-8-4-9-18(14-16)22-21(24)10-5-13-23/h4,8-9,11-15H,3,5-7,10H2,1-2H3,(H,22,24). The summed E-state index contributed by atoms with van der Waals surface area (Å²) in [6.07, 6.45) is 4.04. The zero-order valence-electron chi connectivity index (χ0n) is 15.3. The Kier molecular flexibility index (Phi) is 7.68. The van der Waals surface area contributed by atoms with Gasteiger partial charge in [0, 0.05) is 18.5 Å². The number of amides is 1. The van der Waals surface area contributed by atoms with Gasteiger partial charge in [-0.15, -0.1) is 0 Å². The predicted octanol–water partition coefficient (Wildman–Crippen LogP) is 3.80. The minimum Gasteiger partial charge on any atom is -0.493 e. The maximum Gasteiger partial charge on any atom is 0.224 e. The van der Waals surface area contributed by atoms with Crippen molar-refractivity contribution in [3.05, 3.63) is 53.6 Å². The lowest BCUT2D eigenvalue weighted by Gasteiger charge is -2.10. The lowest BCUT2D eigenvalue weighted by molar-refractivity contribution is -0.118. The summed E-state index contributed by atoms with van der Waals surface area (Å²) in [5.41, 5.74) is 3.13. The third kappa shape index (κ3) is 5.92. The smallest absolute Gasteiger partial charge is 0.224 e. The highest BCUT2D eigenvalue weighted by Crippen LogP contribution is 2.28. The van der Waals surface area contributed by atoms with Crippen LogP contribution in [0.2, 0.25) is 0 Å². The Morgan fingerprint density at radius 3 is 2.42 bits per heavy atom. The van der Waals surface area contributed by atoms with Crippen LogP contribution in [-0.2, 0) is 22.4 Å². The molecular formula is C21H25NO4. The Labute approximate surface area is 154 Å². The first-order chi connectivity index (χ1) is 12.7. The fraction of sp³-hybridized carbons (Fsp3) is 0.333. The molecule has 138 valence electrons. The Hall–Kier alpha value is -2.82. The molecule has 0 aliphatic carbocycles. The van der Waals surface area contributed by atoms with Crippen molar-refractivity contribution in [1.82, 2.24) is 0 Å². The largest absolute Gasteiger partial charge is 0.493 e. The van der Waals surface area contributed by atoms with Crippen LogP contribution in [0.25, 0.3) is 0 Å². The minimum atomic E-state index is -0.139. The fourth-order valence-corrected chi connectivity index (χ4v) is 2.75. The van der Waals surface area contributed by atoms with Gasteiger partial charge in [0.1, 0.15) is 6.29 Å². The first-order valence-electron chi connectivity index (χ1n) is 8.69. The SMILES string of the molecule is COc1ccc(CCCc2cccc(NC(=O)CCC=O)c2)cc1OC. The Bertz CT molecular complexity index is 743. The Balaban J connectivity index is 1.88. The van der Waals surface area contributed by atoms with Gasteiger partial charge in [-0.3, -0.25) is 4.79 Å². The maximum absolute atomic E-state index is 11.7. The second-order valence-electron chi connectivity index (χ2n) is 6.00. The molecule has 0 aliphatic rings. The van der Waals surface area contributed by atoms with E-state index in [1.54, 1.807) is 14.2 Å². The number of ether oxygens (including phenoxy) is 2.